The highest BCUT2D eigenvalue weighted by Crippen LogP contribution is 2.30. The molecule has 0 saturated heterocycles. The van der Waals surface area contributed by atoms with Gasteiger partial charge in [-0.15, -0.1) is 0 Å². The van der Waals surface area contributed by atoms with Crippen molar-refractivity contribution >= 4 is 35.1 Å². The first-order chi connectivity index (χ1) is 14.0. The summed E-state index contributed by atoms with van der Waals surface area (Å²) in [6.45, 7) is 2.34. The molecule has 1 heterocycles. The Balaban J connectivity index is 1.82. The quantitative estimate of drug-likeness (QED) is 0.509. The number of aromatic nitrogens is 2. The summed E-state index contributed by atoms with van der Waals surface area (Å²) < 4.78 is 0. The molecule has 0 spiro atoms. The predicted octanol–water partition coefficient (Wildman–Crippen LogP) is 5.16. The fourth-order valence-electron chi connectivity index (χ4n) is 3.08. The van der Waals surface area contributed by atoms with Crippen LogP contribution in [0, 0.1) is 6.92 Å². The number of carbonyl (C=O) groups excluding carboxylic acids is 1. The van der Waals surface area contributed by atoms with Crippen LogP contribution in [0.5, 0.6) is 0 Å². The minimum Gasteiger partial charge on any atom is -0.357 e. The number of hydrogen-bond acceptors (Lipinski definition) is 4. The molecule has 0 aliphatic carbocycles. The molecule has 0 radical (unpaired) electrons. The van der Waals surface area contributed by atoms with Gasteiger partial charge in [-0.25, -0.2) is 9.97 Å². The van der Waals surface area contributed by atoms with Crippen LogP contribution in [0.25, 0.3) is 11.3 Å². The van der Waals surface area contributed by atoms with Gasteiger partial charge in [0.15, 0.2) is 0 Å². The first-order valence-corrected chi connectivity index (χ1v) is 10.1. The lowest BCUT2D eigenvalue weighted by atomic mass is 10.0. The summed E-state index contributed by atoms with van der Waals surface area (Å²) in [7, 11) is 1.73. The summed E-state index contributed by atoms with van der Waals surface area (Å²) >= 11 is 12.3. The van der Waals surface area contributed by atoms with Crippen LogP contribution in [0.2, 0.25) is 10.0 Å². The molecule has 7 heteroatoms. The van der Waals surface area contributed by atoms with Crippen LogP contribution in [0.15, 0.2) is 48.5 Å². The maximum atomic E-state index is 13.0. The zero-order chi connectivity index (χ0) is 20.8. The minimum absolute atomic E-state index is 0.218. The fourth-order valence-corrected chi connectivity index (χ4v) is 3.61. The minimum atomic E-state index is -0.218. The van der Waals surface area contributed by atoms with Crippen molar-refractivity contribution in [2.45, 2.75) is 19.8 Å². The van der Waals surface area contributed by atoms with E-state index in [0.717, 1.165) is 12.8 Å². The number of aryl methyl sites for hydroxylation is 2. The SMILES string of the molecule is CNc1nc(C)c(C(=O)NCCCc2ccccc2)c(-c2cc(Cl)cc(Cl)c2)n1. The Hall–Kier alpha value is -2.63. The normalized spacial score (nSPS) is 10.6. The zero-order valence-corrected chi connectivity index (χ0v) is 17.8. The van der Waals surface area contributed by atoms with Gasteiger partial charge in [-0.1, -0.05) is 53.5 Å². The summed E-state index contributed by atoms with van der Waals surface area (Å²) in [5.41, 5.74) is 3.40. The Morgan fingerprint density at radius 1 is 1.03 bits per heavy atom. The van der Waals surface area contributed by atoms with E-state index in [1.165, 1.54) is 5.56 Å². The number of carbonyl (C=O) groups is 1. The first kappa shape index (κ1) is 21.1. The van der Waals surface area contributed by atoms with Gasteiger partial charge in [0, 0.05) is 29.2 Å². The first-order valence-electron chi connectivity index (χ1n) is 9.33. The van der Waals surface area contributed by atoms with Crippen molar-refractivity contribution in [1.82, 2.24) is 15.3 Å². The summed E-state index contributed by atoms with van der Waals surface area (Å²) in [5, 5.41) is 6.86. The van der Waals surface area contributed by atoms with E-state index in [4.69, 9.17) is 23.2 Å². The summed E-state index contributed by atoms with van der Waals surface area (Å²) in [5.74, 6) is 0.207. The second-order valence-electron chi connectivity index (χ2n) is 6.61. The lowest BCUT2D eigenvalue weighted by Gasteiger charge is -2.14. The summed E-state index contributed by atoms with van der Waals surface area (Å²) in [6, 6.07) is 15.3. The van der Waals surface area contributed by atoms with Crippen LogP contribution in [0.1, 0.15) is 28.0 Å². The Labute approximate surface area is 180 Å². The van der Waals surface area contributed by atoms with Gasteiger partial charge in [-0.3, -0.25) is 4.79 Å². The topological polar surface area (TPSA) is 66.9 Å². The van der Waals surface area contributed by atoms with E-state index in [1.54, 1.807) is 32.2 Å². The Kier molecular flexibility index (Phi) is 7.07. The molecule has 3 aromatic rings. The number of benzene rings is 2. The lowest BCUT2D eigenvalue weighted by Crippen LogP contribution is -2.27. The fraction of sp³-hybridized carbons (Fsp3) is 0.227. The van der Waals surface area contributed by atoms with Crippen molar-refractivity contribution in [3.63, 3.8) is 0 Å². The van der Waals surface area contributed by atoms with E-state index in [9.17, 15) is 4.79 Å². The second kappa shape index (κ2) is 9.72. The molecule has 0 aliphatic heterocycles. The van der Waals surface area contributed by atoms with Crippen molar-refractivity contribution < 1.29 is 4.79 Å². The molecule has 0 atom stereocenters. The predicted molar refractivity (Wildman–Crippen MR) is 119 cm³/mol. The maximum absolute atomic E-state index is 13.0. The zero-order valence-electron chi connectivity index (χ0n) is 16.3. The molecule has 2 N–H and O–H groups in total. The number of nitrogens with zero attached hydrogens (tertiary/aromatic N) is 2. The van der Waals surface area contributed by atoms with Crippen LogP contribution in [0.3, 0.4) is 0 Å². The van der Waals surface area contributed by atoms with E-state index in [1.807, 2.05) is 18.2 Å². The van der Waals surface area contributed by atoms with Gasteiger partial charge >= 0.3 is 0 Å². The molecule has 0 unspecified atom stereocenters. The van der Waals surface area contributed by atoms with Crippen molar-refractivity contribution in [2.75, 3.05) is 18.9 Å². The third-order valence-corrected chi connectivity index (χ3v) is 4.88. The van der Waals surface area contributed by atoms with Crippen LogP contribution >= 0.6 is 23.2 Å². The van der Waals surface area contributed by atoms with Gasteiger partial charge < -0.3 is 10.6 Å². The molecule has 1 aromatic heterocycles. The third-order valence-electron chi connectivity index (χ3n) is 4.45. The average Bonchev–Trinajstić information content (AvgIpc) is 2.70. The summed E-state index contributed by atoms with van der Waals surface area (Å²) in [4.78, 5) is 21.8. The largest absolute Gasteiger partial charge is 0.357 e. The van der Waals surface area contributed by atoms with E-state index < -0.39 is 0 Å². The average molecular weight is 429 g/mol. The number of halogens is 2. The smallest absolute Gasteiger partial charge is 0.255 e. The van der Waals surface area contributed by atoms with E-state index >= 15 is 0 Å². The van der Waals surface area contributed by atoms with Crippen LogP contribution in [0.4, 0.5) is 5.95 Å². The van der Waals surface area contributed by atoms with Crippen molar-refractivity contribution in [1.29, 1.82) is 0 Å². The molecule has 29 heavy (non-hydrogen) atoms. The van der Waals surface area contributed by atoms with E-state index in [-0.39, 0.29) is 5.91 Å². The van der Waals surface area contributed by atoms with Gasteiger partial charge in [0.25, 0.3) is 5.91 Å². The summed E-state index contributed by atoms with van der Waals surface area (Å²) in [6.07, 6.45) is 1.73. The van der Waals surface area contributed by atoms with Crippen LogP contribution < -0.4 is 10.6 Å². The monoisotopic (exact) mass is 428 g/mol. The molecular formula is C22H22Cl2N4O. The van der Waals surface area contributed by atoms with Gasteiger partial charge in [-0.2, -0.15) is 0 Å². The number of amides is 1. The molecule has 5 nitrogen and oxygen atoms in total. The molecule has 3 rings (SSSR count). The molecule has 0 aliphatic rings. The molecule has 0 fully saturated rings. The number of anilines is 1. The molecule has 150 valence electrons. The molecular weight excluding hydrogens is 407 g/mol. The highest BCUT2D eigenvalue weighted by molar-refractivity contribution is 6.35. The molecule has 1 amide bonds. The van der Waals surface area contributed by atoms with Gasteiger partial charge in [0.2, 0.25) is 5.95 Å². The van der Waals surface area contributed by atoms with Crippen LogP contribution in [-0.2, 0) is 6.42 Å². The Bertz CT molecular complexity index is 989. The van der Waals surface area contributed by atoms with Crippen molar-refractivity contribution in [2.24, 2.45) is 0 Å². The van der Waals surface area contributed by atoms with Crippen molar-refractivity contribution in [3.05, 3.63) is 75.4 Å². The highest BCUT2D eigenvalue weighted by atomic mass is 35.5. The van der Waals surface area contributed by atoms with Crippen LogP contribution in [-0.4, -0.2) is 29.5 Å². The number of rotatable bonds is 7. The number of hydrogen-bond donors (Lipinski definition) is 2. The third kappa shape index (κ3) is 5.46. The standard InChI is InChI=1S/C22H22Cl2N4O/c1-14-19(21(29)26-10-6-9-15-7-4-3-5-8-15)20(28-22(25-2)27-14)16-11-17(23)13-18(24)12-16/h3-5,7-8,11-13H,6,9-10H2,1-2H3,(H,26,29)(H,25,27,28). The van der Waals surface area contributed by atoms with Crippen molar-refractivity contribution in [3.8, 4) is 11.3 Å². The van der Waals surface area contributed by atoms with Gasteiger partial charge in [0.05, 0.1) is 17.0 Å². The lowest BCUT2D eigenvalue weighted by molar-refractivity contribution is 0.0952. The maximum Gasteiger partial charge on any atom is 0.255 e. The number of nitrogens with one attached hydrogen (secondary N) is 2. The Morgan fingerprint density at radius 3 is 2.38 bits per heavy atom. The van der Waals surface area contributed by atoms with Gasteiger partial charge in [0.1, 0.15) is 0 Å². The van der Waals surface area contributed by atoms with Gasteiger partial charge in [-0.05, 0) is 43.5 Å². The van der Waals surface area contributed by atoms with E-state index in [2.05, 4.69) is 32.7 Å². The Morgan fingerprint density at radius 2 is 1.72 bits per heavy atom. The molecule has 0 saturated carbocycles. The van der Waals surface area contributed by atoms with E-state index in [0.29, 0.717) is 45.1 Å². The highest BCUT2D eigenvalue weighted by Gasteiger charge is 2.20. The molecule has 2 aromatic carbocycles. The second-order valence-corrected chi connectivity index (χ2v) is 7.48. The molecule has 0 bridgehead atoms.